The fraction of sp³-hybridized carbons (Fsp3) is 0.867. The van der Waals surface area contributed by atoms with Gasteiger partial charge < -0.3 is 20.5 Å². The van der Waals surface area contributed by atoms with E-state index in [1.165, 1.54) is 0 Å². The zero-order valence-electron chi connectivity index (χ0n) is 13.1. The quantitative estimate of drug-likeness (QED) is 0.598. The van der Waals surface area contributed by atoms with E-state index in [0.29, 0.717) is 31.9 Å². The summed E-state index contributed by atoms with van der Waals surface area (Å²) >= 11 is 0. The number of rotatable bonds is 8. The number of carbonyl (C=O) groups excluding carboxylic acids is 1. The average molecular weight is 300 g/mol. The van der Waals surface area contributed by atoms with Gasteiger partial charge >= 0.3 is 12.0 Å². The largest absolute Gasteiger partial charge is 0.481 e. The minimum absolute atomic E-state index is 0.207. The first-order valence-corrected chi connectivity index (χ1v) is 7.74. The third-order valence-electron chi connectivity index (χ3n) is 4.33. The zero-order valence-corrected chi connectivity index (χ0v) is 13.1. The van der Waals surface area contributed by atoms with E-state index in [9.17, 15) is 14.7 Å². The monoisotopic (exact) mass is 300 g/mol. The summed E-state index contributed by atoms with van der Waals surface area (Å²) in [4.78, 5) is 23.2. The number of unbranched alkanes of at least 4 members (excludes halogenated alkanes) is 1. The smallest absolute Gasteiger partial charge is 0.314 e. The highest BCUT2D eigenvalue weighted by atomic mass is 16.5. The van der Waals surface area contributed by atoms with Crippen LogP contribution >= 0.6 is 0 Å². The van der Waals surface area contributed by atoms with Crippen molar-refractivity contribution < 1.29 is 19.4 Å². The standard InChI is InChI=1S/C15H28N2O4/c1-12-5-7-15(8-6-12,13(18)19)11-17-14(20)16-9-3-4-10-21-2/h12H,3-11H2,1-2H3,(H,18,19)(H2,16,17,20). The highest BCUT2D eigenvalue weighted by Crippen LogP contribution is 2.38. The van der Waals surface area contributed by atoms with Crippen molar-refractivity contribution in [3.05, 3.63) is 0 Å². The molecule has 0 heterocycles. The lowest BCUT2D eigenvalue weighted by molar-refractivity contribution is -0.151. The summed E-state index contributed by atoms with van der Waals surface area (Å²) in [5.41, 5.74) is -0.792. The van der Waals surface area contributed by atoms with Crippen molar-refractivity contribution in [3.8, 4) is 0 Å². The lowest BCUT2D eigenvalue weighted by Gasteiger charge is -2.35. The number of urea groups is 1. The van der Waals surface area contributed by atoms with Crippen LogP contribution in [0.1, 0.15) is 45.4 Å². The molecule has 1 aliphatic rings. The summed E-state index contributed by atoms with van der Waals surface area (Å²) < 4.78 is 4.93. The van der Waals surface area contributed by atoms with Crippen LogP contribution in [0.3, 0.4) is 0 Å². The number of amides is 2. The van der Waals surface area contributed by atoms with Crippen molar-refractivity contribution in [1.29, 1.82) is 0 Å². The normalized spacial score (nSPS) is 25.3. The first-order valence-electron chi connectivity index (χ1n) is 7.74. The molecule has 1 fully saturated rings. The Morgan fingerprint density at radius 3 is 2.48 bits per heavy atom. The lowest BCUT2D eigenvalue weighted by Crippen LogP contribution is -2.47. The van der Waals surface area contributed by atoms with Gasteiger partial charge in [-0.25, -0.2) is 4.79 Å². The average Bonchev–Trinajstić information content (AvgIpc) is 2.46. The van der Waals surface area contributed by atoms with Crippen molar-refractivity contribution in [1.82, 2.24) is 10.6 Å². The van der Waals surface area contributed by atoms with Crippen LogP contribution in [0.25, 0.3) is 0 Å². The van der Waals surface area contributed by atoms with Gasteiger partial charge in [-0.15, -0.1) is 0 Å². The fourth-order valence-electron chi connectivity index (χ4n) is 2.67. The predicted octanol–water partition coefficient (Wildman–Crippen LogP) is 1.99. The molecule has 0 atom stereocenters. The van der Waals surface area contributed by atoms with Crippen molar-refractivity contribution in [2.75, 3.05) is 26.8 Å². The van der Waals surface area contributed by atoms with Crippen LogP contribution in [0.15, 0.2) is 0 Å². The number of methoxy groups -OCH3 is 1. The second kappa shape index (κ2) is 8.87. The molecule has 0 aromatic carbocycles. The molecule has 6 nitrogen and oxygen atoms in total. The van der Waals surface area contributed by atoms with Crippen molar-refractivity contribution in [2.45, 2.75) is 45.4 Å². The van der Waals surface area contributed by atoms with E-state index in [1.54, 1.807) is 7.11 Å². The molecule has 2 amide bonds. The van der Waals surface area contributed by atoms with E-state index in [4.69, 9.17) is 4.74 Å². The van der Waals surface area contributed by atoms with Gasteiger partial charge in [0.2, 0.25) is 0 Å². The van der Waals surface area contributed by atoms with Crippen LogP contribution in [-0.2, 0) is 9.53 Å². The maximum Gasteiger partial charge on any atom is 0.314 e. The Hall–Kier alpha value is -1.30. The number of hydrogen-bond donors (Lipinski definition) is 3. The maximum absolute atomic E-state index is 11.7. The molecule has 0 saturated heterocycles. The number of carboxylic acids is 1. The summed E-state index contributed by atoms with van der Waals surface area (Å²) in [6, 6.07) is -0.285. The van der Waals surface area contributed by atoms with Crippen molar-refractivity contribution in [3.63, 3.8) is 0 Å². The molecule has 6 heteroatoms. The first kappa shape index (κ1) is 17.8. The van der Waals surface area contributed by atoms with Gasteiger partial charge in [-0.1, -0.05) is 6.92 Å². The first-order chi connectivity index (χ1) is 10.00. The molecule has 1 aliphatic carbocycles. The van der Waals surface area contributed by atoms with Crippen LogP contribution < -0.4 is 10.6 Å². The van der Waals surface area contributed by atoms with E-state index < -0.39 is 11.4 Å². The fourth-order valence-corrected chi connectivity index (χ4v) is 2.67. The molecule has 0 aromatic heterocycles. The maximum atomic E-state index is 11.7. The molecule has 0 aromatic rings. The Bertz CT molecular complexity index is 339. The Kier molecular flexibility index (Phi) is 7.50. The van der Waals surface area contributed by atoms with Crippen LogP contribution in [0.4, 0.5) is 4.79 Å². The van der Waals surface area contributed by atoms with Crippen LogP contribution in [0, 0.1) is 11.3 Å². The molecule has 1 saturated carbocycles. The number of hydrogen-bond acceptors (Lipinski definition) is 3. The Morgan fingerprint density at radius 2 is 1.90 bits per heavy atom. The molecular weight excluding hydrogens is 272 g/mol. The van der Waals surface area contributed by atoms with Crippen molar-refractivity contribution in [2.24, 2.45) is 11.3 Å². The van der Waals surface area contributed by atoms with E-state index in [0.717, 1.165) is 25.7 Å². The van der Waals surface area contributed by atoms with E-state index >= 15 is 0 Å². The number of aliphatic carboxylic acids is 1. The van der Waals surface area contributed by atoms with E-state index in [1.807, 2.05) is 0 Å². The van der Waals surface area contributed by atoms with Crippen LogP contribution in [0.2, 0.25) is 0 Å². The van der Waals surface area contributed by atoms with Crippen LogP contribution in [0.5, 0.6) is 0 Å². The highest BCUT2D eigenvalue weighted by Gasteiger charge is 2.41. The lowest BCUT2D eigenvalue weighted by atomic mass is 9.71. The zero-order chi connectivity index (χ0) is 15.7. The molecule has 0 unspecified atom stereocenters. The third-order valence-corrected chi connectivity index (χ3v) is 4.33. The Balaban J connectivity index is 2.30. The second-order valence-corrected chi connectivity index (χ2v) is 6.08. The molecule has 0 bridgehead atoms. The van der Waals surface area contributed by atoms with Crippen molar-refractivity contribution >= 4 is 12.0 Å². The van der Waals surface area contributed by atoms with Gasteiger partial charge in [0.15, 0.2) is 0 Å². The van der Waals surface area contributed by atoms with Gasteiger partial charge in [-0.05, 0) is 44.4 Å². The van der Waals surface area contributed by atoms with Crippen LogP contribution in [-0.4, -0.2) is 43.9 Å². The predicted molar refractivity (Wildman–Crippen MR) is 80.2 cm³/mol. The van der Waals surface area contributed by atoms with Gasteiger partial charge in [-0.3, -0.25) is 4.79 Å². The second-order valence-electron chi connectivity index (χ2n) is 6.08. The molecule has 0 aliphatic heterocycles. The van der Waals surface area contributed by atoms with Gasteiger partial charge in [0.05, 0.1) is 5.41 Å². The third kappa shape index (κ3) is 5.91. The Labute approximate surface area is 126 Å². The number of carbonyl (C=O) groups is 2. The summed E-state index contributed by atoms with van der Waals surface area (Å²) in [6.07, 6.45) is 4.84. The molecule has 122 valence electrons. The Morgan fingerprint density at radius 1 is 1.24 bits per heavy atom. The minimum atomic E-state index is -0.796. The van der Waals surface area contributed by atoms with E-state index in [-0.39, 0.29) is 12.6 Å². The summed E-state index contributed by atoms with van der Waals surface area (Å²) in [5, 5.41) is 14.9. The molecule has 0 spiro atoms. The molecule has 21 heavy (non-hydrogen) atoms. The number of ether oxygens (including phenoxy) is 1. The van der Waals surface area contributed by atoms with Gasteiger partial charge in [-0.2, -0.15) is 0 Å². The van der Waals surface area contributed by atoms with E-state index in [2.05, 4.69) is 17.6 Å². The molecular formula is C15H28N2O4. The molecule has 3 N–H and O–H groups in total. The number of carboxylic acid groups (broad SMARTS) is 1. The molecule has 1 rings (SSSR count). The highest BCUT2D eigenvalue weighted by molar-refractivity contribution is 5.78. The van der Waals surface area contributed by atoms with Gasteiger partial charge in [0.25, 0.3) is 0 Å². The summed E-state index contributed by atoms with van der Waals surface area (Å²) in [7, 11) is 1.65. The topological polar surface area (TPSA) is 87.7 Å². The summed E-state index contributed by atoms with van der Waals surface area (Å²) in [5.74, 6) is -0.220. The summed E-state index contributed by atoms with van der Waals surface area (Å²) in [6.45, 7) is 3.61. The minimum Gasteiger partial charge on any atom is -0.481 e. The number of nitrogens with one attached hydrogen (secondary N) is 2. The van der Waals surface area contributed by atoms with Gasteiger partial charge in [0.1, 0.15) is 0 Å². The van der Waals surface area contributed by atoms with Gasteiger partial charge in [0, 0.05) is 26.8 Å². The SMILES string of the molecule is COCCCCNC(=O)NCC1(C(=O)O)CCC(C)CC1. The molecule has 0 radical (unpaired) electrons.